The van der Waals surface area contributed by atoms with Gasteiger partial charge in [-0.15, -0.1) is 6.42 Å². The summed E-state index contributed by atoms with van der Waals surface area (Å²) in [5.74, 6) is 4.17. The van der Waals surface area contributed by atoms with Crippen LogP contribution in [0.1, 0.15) is 33.1 Å². The molecule has 0 aromatic heterocycles. The van der Waals surface area contributed by atoms with Crippen molar-refractivity contribution >= 4 is 0 Å². The highest BCUT2D eigenvalue weighted by molar-refractivity contribution is 4.87. The molecule has 0 aromatic rings. The van der Waals surface area contributed by atoms with Gasteiger partial charge in [0.2, 0.25) is 0 Å². The molecule has 0 heterocycles. The second-order valence-electron chi connectivity index (χ2n) is 4.67. The molecule has 2 heteroatoms. The molecule has 2 nitrogen and oxygen atoms in total. The molecule has 15 heavy (non-hydrogen) atoms. The highest BCUT2D eigenvalue weighted by Gasteiger charge is 2.12. The van der Waals surface area contributed by atoms with Crippen LogP contribution in [-0.4, -0.2) is 31.6 Å². The Morgan fingerprint density at radius 3 is 2.47 bits per heavy atom. The van der Waals surface area contributed by atoms with E-state index in [4.69, 9.17) is 12.2 Å². The summed E-state index contributed by atoms with van der Waals surface area (Å²) in [6.45, 7) is 7.22. The number of terminal acetylenes is 1. The summed E-state index contributed by atoms with van der Waals surface area (Å²) >= 11 is 0. The molecule has 1 unspecified atom stereocenters. The fourth-order valence-corrected chi connectivity index (χ4v) is 1.88. The highest BCUT2D eigenvalue weighted by atomic mass is 15.1. The third-order valence-corrected chi connectivity index (χ3v) is 2.96. The molecule has 0 aliphatic rings. The predicted molar refractivity (Wildman–Crippen MR) is 67.6 cm³/mol. The smallest absolute Gasteiger partial charge is 0.0596 e. The number of hydrogen-bond acceptors (Lipinski definition) is 2. The number of rotatable bonds is 8. The van der Waals surface area contributed by atoms with Crippen LogP contribution < -0.4 is 5.73 Å². The first-order chi connectivity index (χ1) is 7.11. The number of nitrogens with two attached hydrogens (primary N) is 1. The lowest BCUT2D eigenvalue weighted by Gasteiger charge is -2.21. The summed E-state index contributed by atoms with van der Waals surface area (Å²) in [5, 5.41) is 0. The zero-order valence-electron chi connectivity index (χ0n) is 10.5. The minimum atomic E-state index is 0.742. The van der Waals surface area contributed by atoms with Gasteiger partial charge in [-0.1, -0.05) is 19.8 Å². The van der Waals surface area contributed by atoms with Crippen molar-refractivity contribution in [2.75, 3.05) is 26.7 Å². The van der Waals surface area contributed by atoms with Gasteiger partial charge >= 0.3 is 0 Å². The van der Waals surface area contributed by atoms with Crippen molar-refractivity contribution in [3.63, 3.8) is 0 Å². The van der Waals surface area contributed by atoms with Crippen molar-refractivity contribution in [3.8, 4) is 12.3 Å². The van der Waals surface area contributed by atoms with Gasteiger partial charge in [-0.3, -0.25) is 4.90 Å². The van der Waals surface area contributed by atoms with E-state index in [1.54, 1.807) is 0 Å². The lowest BCUT2D eigenvalue weighted by atomic mass is 9.88. The Morgan fingerprint density at radius 1 is 1.33 bits per heavy atom. The fraction of sp³-hybridized carbons (Fsp3) is 0.846. The van der Waals surface area contributed by atoms with E-state index in [1.807, 2.05) is 0 Å². The Balaban J connectivity index is 3.66. The van der Waals surface area contributed by atoms with E-state index in [-0.39, 0.29) is 0 Å². The molecule has 0 aliphatic carbocycles. The van der Waals surface area contributed by atoms with Gasteiger partial charge in [0.1, 0.15) is 0 Å². The van der Waals surface area contributed by atoms with E-state index in [1.165, 1.54) is 12.8 Å². The molecule has 0 bridgehead atoms. The van der Waals surface area contributed by atoms with Crippen molar-refractivity contribution in [1.29, 1.82) is 0 Å². The van der Waals surface area contributed by atoms with Gasteiger partial charge in [-0.05, 0) is 51.2 Å². The van der Waals surface area contributed by atoms with Gasteiger partial charge in [0.15, 0.2) is 0 Å². The van der Waals surface area contributed by atoms with Crippen LogP contribution in [0.3, 0.4) is 0 Å². The van der Waals surface area contributed by atoms with Crippen molar-refractivity contribution in [3.05, 3.63) is 0 Å². The van der Waals surface area contributed by atoms with Crippen LogP contribution in [-0.2, 0) is 0 Å². The first kappa shape index (κ1) is 14.5. The summed E-state index contributed by atoms with van der Waals surface area (Å²) < 4.78 is 0. The first-order valence-corrected chi connectivity index (χ1v) is 5.93. The average molecular weight is 210 g/mol. The third kappa shape index (κ3) is 7.41. The van der Waals surface area contributed by atoms with Crippen LogP contribution in [0.2, 0.25) is 0 Å². The minimum absolute atomic E-state index is 0.742. The SMILES string of the molecule is C#CCN(C)CCCC(CCN)C(C)C. The Morgan fingerprint density at radius 2 is 2.00 bits per heavy atom. The Kier molecular flexibility index (Phi) is 8.46. The standard InChI is InChI=1S/C13H26N2/c1-5-10-15(4)11-6-7-13(8-9-14)12(2)3/h1,12-13H,6-11,14H2,2-4H3. The van der Waals surface area contributed by atoms with E-state index >= 15 is 0 Å². The molecule has 88 valence electrons. The Labute approximate surface area is 95.2 Å². The summed E-state index contributed by atoms with van der Waals surface area (Å²) in [6.07, 6.45) is 8.89. The minimum Gasteiger partial charge on any atom is -0.330 e. The topological polar surface area (TPSA) is 29.3 Å². The summed E-state index contributed by atoms with van der Waals surface area (Å²) in [4.78, 5) is 2.19. The summed E-state index contributed by atoms with van der Waals surface area (Å²) in [7, 11) is 2.08. The second-order valence-corrected chi connectivity index (χ2v) is 4.67. The zero-order chi connectivity index (χ0) is 11.7. The van der Waals surface area contributed by atoms with Crippen LogP contribution in [0.5, 0.6) is 0 Å². The molecule has 0 saturated heterocycles. The van der Waals surface area contributed by atoms with E-state index in [9.17, 15) is 0 Å². The first-order valence-electron chi connectivity index (χ1n) is 5.93. The number of hydrogen-bond donors (Lipinski definition) is 1. The van der Waals surface area contributed by atoms with Crippen LogP contribution in [0.25, 0.3) is 0 Å². The lowest BCUT2D eigenvalue weighted by molar-refractivity contribution is 0.297. The molecular weight excluding hydrogens is 184 g/mol. The van der Waals surface area contributed by atoms with E-state index in [2.05, 4.69) is 31.7 Å². The normalized spacial score (nSPS) is 13.1. The molecular formula is C13H26N2. The largest absolute Gasteiger partial charge is 0.330 e. The summed E-state index contributed by atoms with van der Waals surface area (Å²) in [6, 6.07) is 0. The average Bonchev–Trinajstić information content (AvgIpc) is 2.16. The van der Waals surface area contributed by atoms with Crippen molar-refractivity contribution in [2.45, 2.75) is 33.1 Å². The molecule has 0 radical (unpaired) electrons. The van der Waals surface area contributed by atoms with E-state index in [0.717, 1.165) is 37.9 Å². The van der Waals surface area contributed by atoms with Gasteiger partial charge in [0, 0.05) is 0 Å². The van der Waals surface area contributed by atoms with Crippen LogP contribution in [0.4, 0.5) is 0 Å². The molecule has 0 aromatic carbocycles. The molecule has 0 spiro atoms. The molecule has 2 N–H and O–H groups in total. The fourth-order valence-electron chi connectivity index (χ4n) is 1.88. The Bertz CT molecular complexity index is 181. The maximum atomic E-state index is 5.61. The van der Waals surface area contributed by atoms with Crippen LogP contribution >= 0.6 is 0 Å². The summed E-state index contributed by atoms with van der Waals surface area (Å²) in [5.41, 5.74) is 5.61. The predicted octanol–water partition coefficient (Wildman–Crippen LogP) is 1.95. The Hall–Kier alpha value is -0.520. The lowest BCUT2D eigenvalue weighted by Crippen LogP contribution is -2.21. The quantitative estimate of drug-likeness (QED) is 0.621. The van der Waals surface area contributed by atoms with Crippen molar-refractivity contribution in [1.82, 2.24) is 4.90 Å². The van der Waals surface area contributed by atoms with Crippen LogP contribution in [0, 0.1) is 24.2 Å². The number of nitrogens with zero attached hydrogens (tertiary/aromatic N) is 1. The van der Waals surface area contributed by atoms with E-state index in [0.29, 0.717) is 0 Å². The molecule has 0 fully saturated rings. The van der Waals surface area contributed by atoms with Gasteiger partial charge in [0.05, 0.1) is 6.54 Å². The van der Waals surface area contributed by atoms with Crippen LogP contribution in [0.15, 0.2) is 0 Å². The van der Waals surface area contributed by atoms with Crippen molar-refractivity contribution < 1.29 is 0 Å². The van der Waals surface area contributed by atoms with Gasteiger partial charge in [0.25, 0.3) is 0 Å². The van der Waals surface area contributed by atoms with Gasteiger partial charge in [-0.2, -0.15) is 0 Å². The maximum Gasteiger partial charge on any atom is 0.0596 e. The van der Waals surface area contributed by atoms with Gasteiger partial charge < -0.3 is 5.73 Å². The zero-order valence-corrected chi connectivity index (χ0v) is 10.5. The monoisotopic (exact) mass is 210 g/mol. The van der Waals surface area contributed by atoms with Crippen molar-refractivity contribution in [2.24, 2.45) is 17.6 Å². The molecule has 0 amide bonds. The maximum absolute atomic E-state index is 5.61. The second kappa shape index (κ2) is 8.76. The molecule has 0 rings (SSSR count). The molecule has 0 aliphatic heterocycles. The van der Waals surface area contributed by atoms with E-state index < -0.39 is 0 Å². The molecule has 0 saturated carbocycles. The van der Waals surface area contributed by atoms with Gasteiger partial charge in [-0.25, -0.2) is 0 Å². The third-order valence-electron chi connectivity index (χ3n) is 2.96. The highest BCUT2D eigenvalue weighted by Crippen LogP contribution is 2.20. The molecule has 1 atom stereocenters.